The summed E-state index contributed by atoms with van der Waals surface area (Å²) in [7, 11) is 0. The second kappa shape index (κ2) is 9.17. The van der Waals surface area contributed by atoms with Crippen molar-refractivity contribution in [3.05, 3.63) is 59.4 Å². The Labute approximate surface area is 192 Å². The average molecular weight is 468 g/mol. The summed E-state index contributed by atoms with van der Waals surface area (Å²) < 4.78 is 1.36. The normalized spacial score (nSPS) is 14.8. The van der Waals surface area contributed by atoms with Gasteiger partial charge in [0, 0.05) is 16.3 Å². The number of nitrogens with zero attached hydrogens (tertiary/aromatic N) is 6. The number of carbonyl (C=O) groups excluding carboxylic acids is 4. The van der Waals surface area contributed by atoms with Gasteiger partial charge in [-0.05, 0) is 59.8 Å². The van der Waals surface area contributed by atoms with Crippen molar-refractivity contribution >= 4 is 47.0 Å². The van der Waals surface area contributed by atoms with Crippen LogP contribution in [0, 0.1) is 0 Å². The average Bonchev–Trinajstić information content (AvgIpc) is 3.35. The molecule has 33 heavy (non-hydrogen) atoms. The molecule has 1 unspecified atom stereocenters. The molecular formula is C21H18ClN7O4. The monoisotopic (exact) mass is 467 g/mol. The van der Waals surface area contributed by atoms with Gasteiger partial charge in [0.25, 0.3) is 0 Å². The van der Waals surface area contributed by atoms with Gasteiger partial charge in [0.05, 0.1) is 11.4 Å². The number of aldehydes is 1. The summed E-state index contributed by atoms with van der Waals surface area (Å²) in [5.74, 6) is -1.25. The van der Waals surface area contributed by atoms with Crippen LogP contribution in [0.15, 0.2) is 48.8 Å². The molecule has 12 heteroatoms. The topological polar surface area (TPSA) is 130 Å². The molecule has 2 heterocycles. The Morgan fingerprint density at radius 3 is 2.52 bits per heavy atom. The fourth-order valence-electron chi connectivity index (χ4n) is 3.42. The molecule has 1 saturated heterocycles. The van der Waals surface area contributed by atoms with Crippen molar-refractivity contribution in [3.63, 3.8) is 0 Å². The van der Waals surface area contributed by atoms with Crippen LogP contribution in [0.5, 0.6) is 0 Å². The lowest BCUT2D eigenvalue weighted by Gasteiger charge is -2.37. The van der Waals surface area contributed by atoms with E-state index < -0.39 is 17.9 Å². The molecule has 1 atom stereocenters. The first kappa shape index (κ1) is 22.1. The summed E-state index contributed by atoms with van der Waals surface area (Å²) in [4.78, 5) is 51.9. The second-order valence-corrected chi connectivity index (χ2v) is 7.73. The molecule has 0 spiro atoms. The number of amides is 3. The van der Waals surface area contributed by atoms with Crippen LogP contribution in [-0.2, 0) is 14.4 Å². The highest BCUT2D eigenvalue weighted by Crippen LogP contribution is 2.29. The van der Waals surface area contributed by atoms with E-state index in [1.807, 2.05) is 0 Å². The zero-order valence-electron chi connectivity index (χ0n) is 17.4. The predicted octanol–water partition coefficient (Wildman–Crippen LogP) is 1.33. The van der Waals surface area contributed by atoms with Gasteiger partial charge in [-0.2, -0.15) is 4.68 Å². The van der Waals surface area contributed by atoms with Crippen molar-refractivity contribution in [2.75, 3.05) is 23.3 Å². The van der Waals surface area contributed by atoms with E-state index in [-0.39, 0.29) is 19.0 Å². The second-order valence-electron chi connectivity index (χ2n) is 7.29. The van der Waals surface area contributed by atoms with Crippen molar-refractivity contribution in [1.82, 2.24) is 25.1 Å². The Balaban J connectivity index is 1.51. The highest BCUT2D eigenvalue weighted by Gasteiger charge is 2.37. The fourth-order valence-corrected chi connectivity index (χ4v) is 3.58. The van der Waals surface area contributed by atoms with Gasteiger partial charge in [0.2, 0.25) is 17.7 Å². The van der Waals surface area contributed by atoms with Gasteiger partial charge < -0.3 is 10.2 Å². The molecule has 3 aromatic rings. The molecule has 1 fully saturated rings. The molecule has 0 bridgehead atoms. The molecule has 4 rings (SSSR count). The van der Waals surface area contributed by atoms with Gasteiger partial charge in [0.15, 0.2) is 0 Å². The number of carbonyl (C=O) groups is 4. The van der Waals surface area contributed by atoms with Crippen LogP contribution in [0.4, 0.5) is 11.4 Å². The number of benzene rings is 2. The number of tetrazole rings is 1. The van der Waals surface area contributed by atoms with Crippen LogP contribution in [-0.4, -0.2) is 68.2 Å². The largest absolute Gasteiger partial charge is 0.324 e. The third-order valence-corrected chi connectivity index (χ3v) is 5.44. The highest BCUT2D eigenvalue weighted by atomic mass is 35.5. The Morgan fingerprint density at radius 1 is 1.09 bits per heavy atom. The van der Waals surface area contributed by atoms with E-state index in [2.05, 4.69) is 20.8 Å². The predicted molar refractivity (Wildman–Crippen MR) is 118 cm³/mol. The maximum absolute atomic E-state index is 13.0. The van der Waals surface area contributed by atoms with Crippen LogP contribution >= 0.6 is 11.6 Å². The number of anilines is 2. The number of piperazine rings is 1. The van der Waals surface area contributed by atoms with E-state index in [4.69, 9.17) is 11.6 Å². The lowest BCUT2D eigenvalue weighted by Crippen LogP contribution is -2.58. The summed E-state index contributed by atoms with van der Waals surface area (Å²) in [5.41, 5.74) is 1.80. The molecule has 3 amide bonds. The van der Waals surface area contributed by atoms with Gasteiger partial charge in [-0.15, -0.1) is 5.10 Å². The van der Waals surface area contributed by atoms with Crippen LogP contribution < -0.4 is 10.2 Å². The lowest BCUT2D eigenvalue weighted by atomic mass is 10.1. The number of rotatable bonds is 6. The molecule has 0 radical (unpaired) electrons. The standard InChI is InChI=1S/C21H18ClN7O4/c1-13(21(33)24-16-5-2-14(11-30)3-6-16)27-9-20(32)28(10-19(27)31)18-8-15(22)4-7-17(18)29-12-23-25-26-29/h2-8,11-13H,9-10H2,1H3,(H,24,33). The first-order chi connectivity index (χ1) is 15.9. The van der Waals surface area contributed by atoms with Crippen LogP contribution in [0.25, 0.3) is 5.69 Å². The number of halogens is 1. The minimum Gasteiger partial charge on any atom is -0.324 e. The Morgan fingerprint density at radius 2 is 1.85 bits per heavy atom. The van der Waals surface area contributed by atoms with Crippen molar-refractivity contribution in [1.29, 1.82) is 0 Å². The van der Waals surface area contributed by atoms with E-state index in [1.54, 1.807) is 49.4 Å². The van der Waals surface area contributed by atoms with Gasteiger partial charge in [-0.3, -0.25) is 24.1 Å². The fraction of sp³-hybridized carbons (Fsp3) is 0.190. The molecule has 0 aliphatic carbocycles. The highest BCUT2D eigenvalue weighted by molar-refractivity contribution is 6.31. The Hall–Kier alpha value is -4.12. The van der Waals surface area contributed by atoms with Crippen molar-refractivity contribution < 1.29 is 19.2 Å². The molecule has 168 valence electrons. The summed E-state index contributed by atoms with van der Waals surface area (Å²) in [5, 5.41) is 14.1. The third kappa shape index (κ3) is 4.58. The SMILES string of the molecule is CC(C(=O)Nc1ccc(C=O)cc1)N1CC(=O)N(c2cc(Cl)ccc2-n2cnnn2)CC1=O. The van der Waals surface area contributed by atoms with Crippen molar-refractivity contribution in [3.8, 4) is 5.69 Å². The van der Waals surface area contributed by atoms with Gasteiger partial charge in [-0.25, -0.2) is 0 Å². The number of aromatic nitrogens is 4. The van der Waals surface area contributed by atoms with E-state index in [9.17, 15) is 19.2 Å². The molecule has 2 aromatic carbocycles. The number of hydrogen-bond donors (Lipinski definition) is 1. The third-order valence-electron chi connectivity index (χ3n) is 5.21. The summed E-state index contributed by atoms with van der Waals surface area (Å²) in [6.45, 7) is 0.973. The molecule has 0 saturated carbocycles. The molecule has 1 aliphatic rings. The van der Waals surface area contributed by atoms with E-state index in [1.165, 1.54) is 20.8 Å². The van der Waals surface area contributed by atoms with Crippen molar-refractivity contribution in [2.45, 2.75) is 13.0 Å². The molecule has 1 aliphatic heterocycles. The minimum absolute atomic E-state index is 0.278. The Kier molecular flexibility index (Phi) is 6.13. The van der Waals surface area contributed by atoms with E-state index in [0.29, 0.717) is 33.9 Å². The van der Waals surface area contributed by atoms with E-state index >= 15 is 0 Å². The van der Waals surface area contributed by atoms with Crippen LogP contribution in [0.1, 0.15) is 17.3 Å². The number of nitrogens with one attached hydrogen (secondary N) is 1. The maximum atomic E-state index is 13.0. The Bertz CT molecular complexity index is 1210. The van der Waals surface area contributed by atoms with Crippen LogP contribution in [0.2, 0.25) is 5.02 Å². The first-order valence-corrected chi connectivity index (χ1v) is 10.2. The van der Waals surface area contributed by atoms with Gasteiger partial charge in [-0.1, -0.05) is 11.6 Å². The zero-order chi connectivity index (χ0) is 23.5. The summed E-state index contributed by atoms with van der Waals surface area (Å²) in [6.07, 6.45) is 2.06. The first-order valence-electron chi connectivity index (χ1n) is 9.86. The molecular weight excluding hydrogens is 450 g/mol. The molecule has 11 nitrogen and oxygen atoms in total. The maximum Gasteiger partial charge on any atom is 0.247 e. The van der Waals surface area contributed by atoms with E-state index in [0.717, 1.165) is 0 Å². The zero-order valence-corrected chi connectivity index (χ0v) is 18.1. The molecule has 1 N–H and O–H groups in total. The van der Waals surface area contributed by atoms with Crippen molar-refractivity contribution in [2.24, 2.45) is 0 Å². The minimum atomic E-state index is -0.896. The quantitative estimate of drug-likeness (QED) is 0.541. The lowest BCUT2D eigenvalue weighted by molar-refractivity contribution is -0.143. The summed E-state index contributed by atoms with van der Waals surface area (Å²) >= 11 is 6.13. The molecule has 1 aromatic heterocycles. The number of hydrogen-bond acceptors (Lipinski definition) is 7. The smallest absolute Gasteiger partial charge is 0.247 e. The van der Waals surface area contributed by atoms with Crippen LogP contribution in [0.3, 0.4) is 0 Å². The van der Waals surface area contributed by atoms with Gasteiger partial charge >= 0.3 is 0 Å². The summed E-state index contributed by atoms with van der Waals surface area (Å²) in [6, 6.07) is 10.2. The van der Waals surface area contributed by atoms with Gasteiger partial charge in [0.1, 0.15) is 31.7 Å².